The lowest BCUT2D eigenvalue weighted by atomic mass is 10.1. The number of benzene rings is 3. The van der Waals surface area contributed by atoms with Gasteiger partial charge in [-0.3, -0.25) is 0 Å². The van der Waals surface area contributed by atoms with Crippen molar-refractivity contribution in [1.29, 1.82) is 0 Å². The van der Waals surface area contributed by atoms with Crippen LogP contribution < -0.4 is 5.55 Å². The number of para-hydroxylation sites is 1. The highest BCUT2D eigenvalue weighted by Gasteiger charge is 2.13. The Hall–Kier alpha value is -2.99. The van der Waals surface area contributed by atoms with E-state index in [4.69, 9.17) is 32.6 Å². The van der Waals surface area contributed by atoms with Crippen molar-refractivity contribution in [2.45, 2.75) is 0 Å². The van der Waals surface area contributed by atoms with Crippen molar-refractivity contribution in [1.82, 2.24) is 4.98 Å². The van der Waals surface area contributed by atoms with Crippen molar-refractivity contribution in [2.24, 2.45) is 4.99 Å². The summed E-state index contributed by atoms with van der Waals surface area (Å²) in [6, 6.07) is 21.0. The smallest absolute Gasteiger partial charge is 0.230 e. The zero-order chi connectivity index (χ0) is 21.4. The average molecular weight is 467 g/mol. The summed E-state index contributed by atoms with van der Waals surface area (Å²) in [7, 11) is 0. The second-order valence-corrected chi connectivity index (χ2v) is 8.49. The van der Waals surface area contributed by atoms with Gasteiger partial charge in [0.05, 0.1) is 11.3 Å². The standard InChI is InChI=1S/C24H13Cl2FN2OS/c25-16-7-5-14(6-8-16)21-13-31-24(29-21)18-12-15-11-17(26)9-10-22(15)30-23(18)28-20-4-2-1-3-19(20)27/h1-13H. The van der Waals surface area contributed by atoms with Gasteiger partial charge in [0.15, 0.2) is 0 Å². The fraction of sp³-hybridized carbons (Fsp3) is 0. The number of halogens is 3. The lowest BCUT2D eigenvalue weighted by molar-refractivity contribution is 0.544. The number of nitrogens with zero attached hydrogens (tertiary/aromatic N) is 2. The van der Waals surface area contributed by atoms with Crippen molar-refractivity contribution in [2.75, 3.05) is 0 Å². The molecular formula is C24H13Cl2FN2OS. The van der Waals surface area contributed by atoms with Gasteiger partial charge in [-0.1, -0.05) is 47.5 Å². The van der Waals surface area contributed by atoms with Crippen molar-refractivity contribution < 1.29 is 8.81 Å². The number of hydrogen-bond donors (Lipinski definition) is 0. The Kier molecular flexibility index (Phi) is 5.32. The summed E-state index contributed by atoms with van der Waals surface area (Å²) >= 11 is 13.6. The molecule has 5 aromatic rings. The van der Waals surface area contributed by atoms with Crippen LogP contribution in [0.2, 0.25) is 10.0 Å². The number of hydrogen-bond acceptors (Lipinski definition) is 4. The maximum atomic E-state index is 14.3. The highest BCUT2D eigenvalue weighted by Crippen LogP contribution is 2.30. The van der Waals surface area contributed by atoms with E-state index in [0.29, 0.717) is 26.2 Å². The van der Waals surface area contributed by atoms with E-state index < -0.39 is 5.82 Å². The Balaban J connectivity index is 1.72. The minimum Gasteiger partial charge on any atom is -0.438 e. The molecule has 0 saturated carbocycles. The summed E-state index contributed by atoms with van der Waals surface area (Å²) in [5, 5.41) is 4.71. The summed E-state index contributed by atoms with van der Waals surface area (Å²) in [5.74, 6) is -0.430. The first kappa shape index (κ1) is 19.9. The van der Waals surface area contributed by atoms with Gasteiger partial charge >= 0.3 is 0 Å². The second-order valence-electron chi connectivity index (χ2n) is 6.76. The fourth-order valence-electron chi connectivity index (χ4n) is 3.14. The van der Waals surface area contributed by atoms with E-state index >= 15 is 0 Å². The SMILES string of the molecule is Fc1ccccc1N=c1oc2ccc(Cl)cc2cc1-c1nc(-c2ccc(Cl)cc2)cs1. The van der Waals surface area contributed by atoms with E-state index in [9.17, 15) is 4.39 Å². The van der Waals surface area contributed by atoms with Gasteiger partial charge in [-0.25, -0.2) is 14.4 Å². The molecular weight excluding hydrogens is 454 g/mol. The highest BCUT2D eigenvalue weighted by atomic mass is 35.5. The lowest BCUT2D eigenvalue weighted by Crippen LogP contribution is -2.05. The van der Waals surface area contributed by atoms with Crippen LogP contribution in [0.25, 0.3) is 32.8 Å². The zero-order valence-electron chi connectivity index (χ0n) is 15.9. The molecule has 0 spiro atoms. The third-order valence-electron chi connectivity index (χ3n) is 4.66. The van der Waals surface area contributed by atoms with Crippen molar-refractivity contribution in [3.8, 4) is 21.8 Å². The molecule has 31 heavy (non-hydrogen) atoms. The molecule has 152 valence electrons. The van der Waals surface area contributed by atoms with Gasteiger partial charge in [0.25, 0.3) is 0 Å². The summed E-state index contributed by atoms with van der Waals surface area (Å²) in [4.78, 5) is 9.22. The van der Waals surface area contributed by atoms with Crippen molar-refractivity contribution >= 4 is 51.2 Å². The summed E-state index contributed by atoms with van der Waals surface area (Å²) < 4.78 is 20.3. The summed E-state index contributed by atoms with van der Waals surface area (Å²) in [6.45, 7) is 0. The van der Waals surface area contributed by atoms with Crippen LogP contribution >= 0.6 is 34.5 Å². The topological polar surface area (TPSA) is 38.4 Å². The van der Waals surface area contributed by atoms with Crippen LogP contribution in [0.4, 0.5) is 10.1 Å². The molecule has 3 aromatic carbocycles. The molecule has 2 heterocycles. The molecule has 0 radical (unpaired) electrons. The van der Waals surface area contributed by atoms with Gasteiger partial charge in [-0.05, 0) is 48.5 Å². The average Bonchev–Trinajstić information content (AvgIpc) is 3.25. The van der Waals surface area contributed by atoms with Crippen LogP contribution in [0.3, 0.4) is 0 Å². The molecule has 0 amide bonds. The Bertz CT molecular complexity index is 1480. The molecule has 0 aliphatic carbocycles. The van der Waals surface area contributed by atoms with E-state index in [0.717, 1.165) is 16.6 Å². The van der Waals surface area contributed by atoms with Crippen LogP contribution in [0.5, 0.6) is 0 Å². The first-order chi connectivity index (χ1) is 15.1. The zero-order valence-corrected chi connectivity index (χ0v) is 18.2. The molecule has 0 aliphatic heterocycles. The molecule has 0 N–H and O–H groups in total. The molecule has 0 bridgehead atoms. The second kappa shape index (κ2) is 8.27. The van der Waals surface area contributed by atoms with E-state index in [1.165, 1.54) is 17.4 Å². The van der Waals surface area contributed by atoms with Gasteiger partial charge in [-0.15, -0.1) is 11.3 Å². The maximum absolute atomic E-state index is 14.3. The van der Waals surface area contributed by atoms with Gasteiger partial charge in [0, 0.05) is 26.4 Å². The molecule has 5 rings (SSSR count). The Morgan fingerprint density at radius 3 is 2.48 bits per heavy atom. The third kappa shape index (κ3) is 4.12. The lowest BCUT2D eigenvalue weighted by Gasteiger charge is -2.04. The van der Waals surface area contributed by atoms with E-state index in [1.807, 2.05) is 41.8 Å². The van der Waals surface area contributed by atoms with Gasteiger partial charge in [0.1, 0.15) is 22.1 Å². The summed E-state index contributed by atoms with van der Waals surface area (Å²) in [5.41, 5.74) is 3.47. The van der Waals surface area contributed by atoms with Crippen molar-refractivity contribution in [3.05, 3.63) is 99.6 Å². The molecule has 0 saturated heterocycles. The monoisotopic (exact) mass is 466 g/mol. The minimum atomic E-state index is -0.430. The number of aromatic nitrogens is 1. The quantitative estimate of drug-likeness (QED) is 0.271. The van der Waals surface area contributed by atoms with Gasteiger partial charge in [-0.2, -0.15) is 0 Å². The van der Waals surface area contributed by atoms with Crippen LogP contribution in [-0.4, -0.2) is 4.98 Å². The first-order valence-corrected chi connectivity index (χ1v) is 10.9. The number of thiazole rings is 1. The molecule has 3 nitrogen and oxygen atoms in total. The van der Waals surface area contributed by atoms with Crippen LogP contribution in [0.15, 0.2) is 87.6 Å². The Labute approximate surface area is 191 Å². The van der Waals surface area contributed by atoms with Crippen LogP contribution in [-0.2, 0) is 0 Å². The number of fused-ring (bicyclic) bond motifs is 1. The van der Waals surface area contributed by atoms with Gasteiger partial charge in [0.2, 0.25) is 5.55 Å². The molecule has 2 aromatic heterocycles. The van der Waals surface area contributed by atoms with Crippen LogP contribution in [0.1, 0.15) is 0 Å². The Morgan fingerprint density at radius 2 is 1.68 bits per heavy atom. The molecule has 0 aliphatic rings. The van der Waals surface area contributed by atoms with E-state index in [2.05, 4.69) is 4.99 Å². The van der Waals surface area contributed by atoms with Gasteiger partial charge < -0.3 is 4.42 Å². The molecule has 7 heteroatoms. The largest absolute Gasteiger partial charge is 0.438 e. The minimum absolute atomic E-state index is 0.190. The fourth-order valence-corrected chi connectivity index (χ4v) is 4.28. The predicted molar refractivity (Wildman–Crippen MR) is 124 cm³/mol. The third-order valence-corrected chi connectivity index (χ3v) is 6.02. The summed E-state index contributed by atoms with van der Waals surface area (Å²) in [6.07, 6.45) is 0. The normalized spacial score (nSPS) is 11.9. The highest BCUT2D eigenvalue weighted by molar-refractivity contribution is 7.13. The number of rotatable bonds is 3. The Morgan fingerprint density at radius 1 is 0.903 bits per heavy atom. The first-order valence-electron chi connectivity index (χ1n) is 9.31. The molecule has 0 fully saturated rings. The molecule has 0 unspecified atom stereocenters. The van der Waals surface area contributed by atoms with E-state index in [-0.39, 0.29) is 11.2 Å². The molecule has 0 atom stereocenters. The van der Waals surface area contributed by atoms with Crippen LogP contribution in [0, 0.1) is 5.82 Å². The maximum Gasteiger partial charge on any atom is 0.230 e. The predicted octanol–water partition coefficient (Wildman–Crippen LogP) is 7.90. The van der Waals surface area contributed by atoms with Crippen molar-refractivity contribution in [3.63, 3.8) is 0 Å². The van der Waals surface area contributed by atoms with E-state index in [1.54, 1.807) is 30.3 Å².